The topological polar surface area (TPSA) is 79.5 Å². The highest BCUT2D eigenvalue weighted by Gasteiger charge is 2.42. The lowest BCUT2D eigenvalue weighted by Gasteiger charge is -2.39. The molecule has 4 aliphatic rings. The zero-order valence-corrected chi connectivity index (χ0v) is 21.8. The number of hydrogen-bond donors (Lipinski definition) is 4. The first kappa shape index (κ1) is 24.2. The summed E-state index contributed by atoms with van der Waals surface area (Å²) in [6.45, 7) is 6.82. The predicted octanol–water partition coefficient (Wildman–Crippen LogP) is 3.96. The van der Waals surface area contributed by atoms with E-state index < -0.39 is 0 Å². The van der Waals surface area contributed by atoms with Crippen molar-refractivity contribution < 1.29 is 5.11 Å². The summed E-state index contributed by atoms with van der Waals surface area (Å²) in [5, 5.41) is 9.92. The van der Waals surface area contributed by atoms with Crippen LogP contribution in [0.3, 0.4) is 0 Å². The van der Waals surface area contributed by atoms with Gasteiger partial charge in [0.2, 0.25) is 0 Å². The number of phenolic OH excluding ortho intramolecular Hbond substituents is 1. The number of likely N-dealkylation sites (tertiary alicyclic amines) is 1. The molecule has 0 amide bonds. The van der Waals surface area contributed by atoms with Crippen LogP contribution in [0.2, 0.25) is 0 Å². The van der Waals surface area contributed by atoms with E-state index in [9.17, 15) is 5.11 Å². The quantitative estimate of drug-likeness (QED) is 0.508. The normalized spacial score (nSPS) is 30.3. The second kappa shape index (κ2) is 10.3. The van der Waals surface area contributed by atoms with Gasteiger partial charge < -0.3 is 15.0 Å². The number of H-pyrrole nitrogens is 1. The molecule has 4 atom stereocenters. The number of aromatic nitrogens is 2. The van der Waals surface area contributed by atoms with Crippen molar-refractivity contribution >= 4 is 5.57 Å². The number of nitrogens with zero attached hydrogens (tertiary/aromatic N) is 3. The van der Waals surface area contributed by atoms with E-state index in [4.69, 9.17) is 4.98 Å². The zero-order valence-electron chi connectivity index (χ0n) is 21.8. The van der Waals surface area contributed by atoms with Crippen LogP contribution in [0.25, 0.3) is 5.57 Å². The SMILES string of the molecule is CCc1cc(O)ccc1C1CCC2C(C1)NNC2c1ncc(C2=CCCN(C3CCN(C)CC3)C2)[nH]1. The molecule has 6 rings (SSSR count). The van der Waals surface area contributed by atoms with Crippen LogP contribution >= 0.6 is 0 Å². The molecule has 1 aromatic carbocycles. The summed E-state index contributed by atoms with van der Waals surface area (Å²) in [6, 6.07) is 7.32. The molecule has 7 nitrogen and oxygen atoms in total. The van der Waals surface area contributed by atoms with Crippen molar-refractivity contribution in [1.29, 1.82) is 0 Å². The minimum absolute atomic E-state index is 0.226. The van der Waals surface area contributed by atoms with E-state index in [0.717, 1.165) is 31.6 Å². The number of imidazole rings is 1. The Bertz CT molecular complexity index is 1090. The Morgan fingerprint density at radius 1 is 1.08 bits per heavy atom. The standard InChI is InChI=1S/C29H42N6O/c1-3-19-15-23(36)7-9-24(19)20-6-8-25-26(16-20)32-33-28(25)29-30-17-27(31-29)21-5-4-12-35(18-21)22-10-13-34(2)14-11-22/h5,7,9,15,17,20,22,25-26,28,32-33,36H,3-4,6,8,10-14,16,18H2,1-2H3,(H,30,31). The molecular weight excluding hydrogens is 448 g/mol. The second-order valence-electron chi connectivity index (χ2n) is 11.5. The molecule has 4 N–H and O–H groups in total. The number of hydrazine groups is 1. The van der Waals surface area contributed by atoms with Crippen LogP contribution in [0.1, 0.15) is 80.1 Å². The van der Waals surface area contributed by atoms with Crippen LogP contribution < -0.4 is 10.9 Å². The van der Waals surface area contributed by atoms with Gasteiger partial charge in [-0.25, -0.2) is 10.4 Å². The molecule has 2 saturated heterocycles. The highest BCUT2D eigenvalue weighted by molar-refractivity contribution is 5.64. The Labute approximate surface area is 215 Å². The maximum absolute atomic E-state index is 9.92. The molecule has 1 saturated carbocycles. The smallest absolute Gasteiger partial charge is 0.125 e. The van der Waals surface area contributed by atoms with Gasteiger partial charge in [-0.2, -0.15) is 0 Å². The number of benzene rings is 1. The summed E-state index contributed by atoms with van der Waals surface area (Å²) in [6.07, 6.45) is 12.6. The summed E-state index contributed by atoms with van der Waals surface area (Å²) in [4.78, 5) is 13.7. The number of aromatic hydroxyl groups is 1. The average Bonchev–Trinajstić information content (AvgIpc) is 3.56. The molecule has 1 aliphatic carbocycles. The molecule has 36 heavy (non-hydrogen) atoms. The molecule has 2 aromatic rings. The average molecular weight is 491 g/mol. The fourth-order valence-corrected chi connectivity index (χ4v) is 7.20. The third-order valence-electron chi connectivity index (χ3n) is 9.32. The number of fused-ring (bicyclic) bond motifs is 1. The van der Waals surface area contributed by atoms with Gasteiger partial charge in [-0.15, -0.1) is 0 Å². The third kappa shape index (κ3) is 4.74. The molecular formula is C29H42N6O. The first-order chi connectivity index (χ1) is 17.6. The molecule has 3 fully saturated rings. The highest BCUT2D eigenvalue weighted by atomic mass is 16.3. The van der Waals surface area contributed by atoms with E-state index in [0.29, 0.717) is 29.7 Å². The third-order valence-corrected chi connectivity index (χ3v) is 9.32. The molecule has 7 heteroatoms. The van der Waals surface area contributed by atoms with Crippen molar-refractivity contribution in [3.05, 3.63) is 53.1 Å². The van der Waals surface area contributed by atoms with Crippen molar-refractivity contribution in [2.45, 2.75) is 75.9 Å². The van der Waals surface area contributed by atoms with Gasteiger partial charge in [-0.05, 0) is 106 Å². The van der Waals surface area contributed by atoms with Crippen LogP contribution in [0.5, 0.6) is 5.75 Å². The molecule has 0 bridgehead atoms. The first-order valence-corrected chi connectivity index (χ1v) is 14.1. The summed E-state index contributed by atoms with van der Waals surface area (Å²) in [5.41, 5.74) is 12.5. The lowest BCUT2D eigenvalue weighted by molar-refractivity contribution is 0.132. The molecule has 4 heterocycles. The van der Waals surface area contributed by atoms with Crippen molar-refractivity contribution in [1.82, 2.24) is 30.6 Å². The number of nitrogens with one attached hydrogen (secondary N) is 3. The zero-order chi connectivity index (χ0) is 24.6. The molecule has 194 valence electrons. The lowest BCUT2D eigenvalue weighted by atomic mass is 9.73. The summed E-state index contributed by atoms with van der Waals surface area (Å²) >= 11 is 0. The molecule has 3 aliphatic heterocycles. The second-order valence-corrected chi connectivity index (χ2v) is 11.5. The van der Waals surface area contributed by atoms with Crippen LogP contribution in [0.15, 0.2) is 30.5 Å². The fourth-order valence-electron chi connectivity index (χ4n) is 7.20. The van der Waals surface area contributed by atoms with Gasteiger partial charge in [-0.3, -0.25) is 10.3 Å². The monoisotopic (exact) mass is 490 g/mol. The van der Waals surface area contributed by atoms with Crippen LogP contribution in [0.4, 0.5) is 0 Å². The summed E-state index contributed by atoms with van der Waals surface area (Å²) in [5.74, 6) is 2.53. The largest absolute Gasteiger partial charge is 0.508 e. The van der Waals surface area contributed by atoms with E-state index in [1.54, 1.807) is 0 Å². The lowest BCUT2D eigenvalue weighted by Crippen LogP contribution is -2.45. The van der Waals surface area contributed by atoms with E-state index >= 15 is 0 Å². The number of hydrogen-bond acceptors (Lipinski definition) is 6. The first-order valence-electron chi connectivity index (χ1n) is 14.1. The summed E-state index contributed by atoms with van der Waals surface area (Å²) < 4.78 is 0. The van der Waals surface area contributed by atoms with Gasteiger partial charge in [0.05, 0.1) is 17.9 Å². The van der Waals surface area contributed by atoms with E-state index in [1.807, 2.05) is 12.1 Å². The molecule has 0 spiro atoms. The Kier molecular flexibility index (Phi) is 6.90. The molecule has 1 aromatic heterocycles. The van der Waals surface area contributed by atoms with E-state index in [2.05, 4.69) is 57.9 Å². The predicted molar refractivity (Wildman–Crippen MR) is 144 cm³/mol. The van der Waals surface area contributed by atoms with Crippen LogP contribution in [-0.4, -0.2) is 70.2 Å². The Balaban J connectivity index is 1.11. The number of rotatable bonds is 5. The fraction of sp³-hybridized carbons (Fsp3) is 0.621. The highest BCUT2D eigenvalue weighted by Crippen LogP contribution is 2.44. The van der Waals surface area contributed by atoms with Crippen molar-refractivity contribution in [2.24, 2.45) is 5.92 Å². The van der Waals surface area contributed by atoms with E-state index in [-0.39, 0.29) is 6.04 Å². The number of aromatic amines is 1. The van der Waals surface area contributed by atoms with Gasteiger partial charge in [-0.1, -0.05) is 19.1 Å². The Morgan fingerprint density at radius 3 is 2.78 bits per heavy atom. The van der Waals surface area contributed by atoms with Gasteiger partial charge in [0, 0.05) is 25.2 Å². The minimum Gasteiger partial charge on any atom is -0.508 e. The van der Waals surface area contributed by atoms with Gasteiger partial charge in [0.15, 0.2) is 0 Å². The van der Waals surface area contributed by atoms with Gasteiger partial charge in [0.25, 0.3) is 0 Å². The van der Waals surface area contributed by atoms with Crippen molar-refractivity contribution in [2.75, 3.05) is 33.2 Å². The number of aryl methyl sites for hydroxylation is 1. The van der Waals surface area contributed by atoms with Crippen LogP contribution in [0, 0.1) is 5.92 Å². The van der Waals surface area contributed by atoms with Gasteiger partial charge >= 0.3 is 0 Å². The molecule has 0 radical (unpaired) electrons. The number of piperidine rings is 1. The number of phenols is 1. The maximum Gasteiger partial charge on any atom is 0.125 e. The Morgan fingerprint density at radius 2 is 1.94 bits per heavy atom. The van der Waals surface area contributed by atoms with Crippen LogP contribution in [-0.2, 0) is 6.42 Å². The minimum atomic E-state index is 0.226. The van der Waals surface area contributed by atoms with E-state index in [1.165, 1.54) is 67.7 Å². The summed E-state index contributed by atoms with van der Waals surface area (Å²) in [7, 11) is 2.24. The maximum atomic E-state index is 9.92. The molecule has 4 unspecified atom stereocenters. The van der Waals surface area contributed by atoms with Crippen molar-refractivity contribution in [3.63, 3.8) is 0 Å². The van der Waals surface area contributed by atoms with Gasteiger partial charge in [0.1, 0.15) is 11.6 Å². The van der Waals surface area contributed by atoms with Crippen molar-refractivity contribution in [3.8, 4) is 5.75 Å². The Hall–Kier alpha value is -2.19.